The summed E-state index contributed by atoms with van der Waals surface area (Å²) < 4.78 is 83.6. The zero-order valence-corrected chi connectivity index (χ0v) is 12.3. The van der Waals surface area contributed by atoms with E-state index in [0.717, 1.165) is 0 Å². The molecule has 1 aromatic rings. The lowest BCUT2D eigenvalue weighted by Gasteiger charge is -2.19. The lowest BCUT2D eigenvalue weighted by molar-refractivity contribution is -0.276. The first-order chi connectivity index (χ1) is 10.5. The Hall–Kier alpha value is -1.71. The maximum absolute atomic E-state index is 12.8. The number of hydrogen-bond donors (Lipinski definition) is 0. The summed E-state index contributed by atoms with van der Waals surface area (Å²) in [7, 11) is 0. The highest BCUT2D eigenvalue weighted by Crippen LogP contribution is 2.40. The Bertz CT molecular complexity index is 573. The monoisotopic (exact) mass is 365 g/mol. The van der Waals surface area contributed by atoms with Gasteiger partial charge in [-0.2, -0.15) is 13.2 Å². The van der Waals surface area contributed by atoms with Gasteiger partial charge >= 0.3 is 18.5 Å². The lowest BCUT2D eigenvalue weighted by atomic mass is 10.1. The van der Waals surface area contributed by atoms with Crippen molar-refractivity contribution in [3.63, 3.8) is 0 Å². The van der Waals surface area contributed by atoms with Crippen molar-refractivity contribution in [2.45, 2.75) is 31.8 Å². The minimum atomic E-state index is -5.38. The lowest BCUT2D eigenvalue weighted by Crippen LogP contribution is -2.23. The van der Waals surface area contributed by atoms with Crippen LogP contribution in [0.15, 0.2) is 6.20 Å². The summed E-state index contributed by atoms with van der Waals surface area (Å²) in [4.78, 5) is 14.3. The molecule has 0 spiro atoms. The number of nitrogens with zero attached hydrogens (tertiary/aromatic N) is 1. The van der Waals surface area contributed by atoms with Crippen molar-refractivity contribution in [1.29, 1.82) is 0 Å². The number of ether oxygens (including phenoxy) is 2. The fraction of sp³-hybridized carbons (Fsp3) is 0.500. The van der Waals surface area contributed by atoms with Crippen LogP contribution in [0.1, 0.15) is 23.7 Å². The quantitative estimate of drug-likeness (QED) is 0.452. The van der Waals surface area contributed by atoms with Gasteiger partial charge in [-0.15, -0.1) is 24.8 Å². The molecule has 1 heterocycles. The van der Waals surface area contributed by atoms with Gasteiger partial charge in [-0.25, -0.2) is 4.98 Å². The third-order valence-electron chi connectivity index (χ3n) is 2.49. The Labute approximate surface area is 131 Å². The number of aromatic nitrogens is 1. The van der Waals surface area contributed by atoms with Crippen LogP contribution in [0.5, 0.6) is 5.75 Å². The predicted molar refractivity (Wildman–Crippen MR) is 65.8 cm³/mol. The van der Waals surface area contributed by atoms with Crippen molar-refractivity contribution in [3.8, 4) is 5.75 Å². The number of pyridine rings is 1. The first kappa shape index (κ1) is 19.3. The molecule has 0 N–H and O–H groups in total. The topological polar surface area (TPSA) is 48.4 Å². The summed E-state index contributed by atoms with van der Waals surface area (Å²) in [5.74, 6) is -3.16. The Balaban J connectivity index is 3.41. The van der Waals surface area contributed by atoms with E-state index >= 15 is 0 Å². The molecule has 0 atom stereocenters. The van der Waals surface area contributed by atoms with Crippen LogP contribution in [0.25, 0.3) is 0 Å². The molecule has 0 fully saturated rings. The van der Waals surface area contributed by atoms with Crippen molar-refractivity contribution in [3.05, 3.63) is 23.0 Å². The van der Waals surface area contributed by atoms with Crippen LogP contribution >= 0.6 is 11.6 Å². The molecule has 0 aromatic carbocycles. The second-order valence-corrected chi connectivity index (χ2v) is 4.37. The van der Waals surface area contributed by atoms with Gasteiger partial charge in [0.1, 0.15) is 0 Å². The van der Waals surface area contributed by atoms with Gasteiger partial charge in [-0.1, -0.05) is 0 Å². The van der Waals surface area contributed by atoms with Gasteiger partial charge in [0.05, 0.1) is 18.9 Å². The molecule has 23 heavy (non-hydrogen) atoms. The van der Waals surface area contributed by atoms with Crippen LogP contribution < -0.4 is 4.74 Å². The number of rotatable bonds is 5. The highest BCUT2D eigenvalue weighted by Gasteiger charge is 2.42. The molecule has 0 saturated heterocycles. The molecule has 1 rings (SSSR count). The molecule has 0 aliphatic carbocycles. The Morgan fingerprint density at radius 2 is 1.87 bits per heavy atom. The van der Waals surface area contributed by atoms with Crippen LogP contribution in [0.2, 0.25) is 0 Å². The zero-order valence-electron chi connectivity index (χ0n) is 11.5. The summed E-state index contributed by atoms with van der Waals surface area (Å²) in [5, 5.41) is 0. The molecule has 0 aliphatic heterocycles. The van der Waals surface area contributed by atoms with E-state index in [9.17, 15) is 31.1 Å². The van der Waals surface area contributed by atoms with Crippen molar-refractivity contribution in [2.75, 3.05) is 6.61 Å². The minimum absolute atomic E-state index is 0.00495. The number of esters is 1. The number of carbonyl (C=O) groups excluding carboxylic acids is 1. The van der Waals surface area contributed by atoms with E-state index in [1.807, 2.05) is 0 Å². The summed E-state index contributed by atoms with van der Waals surface area (Å²) in [6.45, 7) is 1.48. The average molecular weight is 366 g/mol. The Morgan fingerprint density at radius 3 is 2.30 bits per heavy atom. The van der Waals surface area contributed by atoms with Crippen molar-refractivity contribution in [1.82, 2.24) is 4.98 Å². The summed E-state index contributed by atoms with van der Waals surface area (Å²) >= 11 is 5.45. The molecule has 0 amide bonds. The zero-order chi connectivity index (χ0) is 17.8. The van der Waals surface area contributed by atoms with Gasteiger partial charge in [-0.3, -0.25) is 4.79 Å². The van der Waals surface area contributed by atoms with Crippen molar-refractivity contribution in [2.24, 2.45) is 0 Å². The van der Waals surface area contributed by atoms with E-state index in [-0.39, 0.29) is 12.2 Å². The van der Waals surface area contributed by atoms with Crippen LogP contribution in [-0.4, -0.2) is 23.9 Å². The van der Waals surface area contributed by atoms with Crippen LogP contribution in [0.3, 0.4) is 0 Å². The molecular formula is C12H10ClF6NO3. The molecule has 11 heteroatoms. The minimum Gasteiger partial charge on any atom is -0.466 e. The van der Waals surface area contributed by atoms with E-state index in [1.165, 1.54) is 6.92 Å². The van der Waals surface area contributed by atoms with Crippen molar-refractivity contribution >= 4 is 17.6 Å². The predicted octanol–water partition coefficient (Wildman–Crippen LogP) is 3.84. The normalized spacial score (nSPS) is 12.2. The van der Waals surface area contributed by atoms with E-state index in [2.05, 4.69) is 14.5 Å². The van der Waals surface area contributed by atoms with E-state index in [1.54, 1.807) is 0 Å². The second-order valence-electron chi connectivity index (χ2n) is 4.10. The average Bonchev–Trinajstić information content (AvgIpc) is 2.35. The SMILES string of the molecule is CCOC(=O)Cc1cnc(C(F)(F)F)c(OC(F)(F)F)c1CCl. The Morgan fingerprint density at radius 1 is 1.26 bits per heavy atom. The maximum Gasteiger partial charge on any atom is 0.573 e. The molecule has 0 unspecified atom stereocenters. The highest BCUT2D eigenvalue weighted by molar-refractivity contribution is 6.17. The van der Waals surface area contributed by atoms with Crippen LogP contribution in [0.4, 0.5) is 26.3 Å². The van der Waals surface area contributed by atoms with Crippen molar-refractivity contribution < 1.29 is 40.6 Å². The number of hydrogen-bond acceptors (Lipinski definition) is 4. The van der Waals surface area contributed by atoms with Crippen LogP contribution in [0, 0.1) is 0 Å². The van der Waals surface area contributed by atoms with Gasteiger partial charge < -0.3 is 9.47 Å². The van der Waals surface area contributed by atoms with Gasteiger partial charge in [0, 0.05) is 11.8 Å². The maximum atomic E-state index is 12.8. The summed E-state index contributed by atoms with van der Waals surface area (Å²) in [5.41, 5.74) is -2.75. The third-order valence-corrected chi connectivity index (χ3v) is 2.75. The largest absolute Gasteiger partial charge is 0.573 e. The number of alkyl halides is 7. The van der Waals surface area contributed by atoms with Gasteiger partial charge in [-0.05, 0) is 12.5 Å². The van der Waals surface area contributed by atoms with E-state index in [0.29, 0.717) is 6.20 Å². The fourth-order valence-electron chi connectivity index (χ4n) is 1.66. The Kier molecular flexibility index (Phi) is 6.09. The second kappa shape index (κ2) is 7.24. The van der Waals surface area contributed by atoms with Gasteiger partial charge in [0.25, 0.3) is 0 Å². The molecule has 130 valence electrons. The van der Waals surface area contributed by atoms with Gasteiger partial charge in [0.2, 0.25) is 0 Å². The molecule has 4 nitrogen and oxygen atoms in total. The third kappa shape index (κ3) is 5.45. The molecule has 1 aromatic heterocycles. The van der Waals surface area contributed by atoms with Gasteiger partial charge in [0.15, 0.2) is 11.4 Å². The molecule has 0 radical (unpaired) electrons. The molecule has 0 saturated carbocycles. The standard InChI is InChI=1S/C12H10ClF6NO3/c1-2-22-8(21)3-6-5-20-10(11(14,15)16)9(7(6)4-13)23-12(17,18)19/h5H,2-4H2,1H3. The number of carbonyl (C=O) groups is 1. The number of halogens is 7. The first-order valence-electron chi connectivity index (χ1n) is 6.04. The smallest absolute Gasteiger partial charge is 0.466 e. The fourth-order valence-corrected chi connectivity index (χ4v) is 1.95. The molecular weight excluding hydrogens is 356 g/mol. The first-order valence-corrected chi connectivity index (χ1v) is 6.58. The summed E-state index contributed by atoms with van der Waals surface area (Å²) in [6, 6.07) is 0. The summed E-state index contributed by atoms with van der Waals surface area (Å²) in [6.07, 6.45) is -10.5. The van der Waals surface area contributed by atoms with E-state index < -0.39 is 47.8 Å². The van der Waals surface area contributed by atoms with E-state index in [4.69, 9.17) is 11.6 Å². The highest BCUT2D eigenvalue weighted by atomic mass is 35.5. The molecule has 0 bridgehead atoms. The molecule has 0 aliphatic rings. The van der Waals surface area contributed by atoms with Crippen LogP contribution in [-0.2, 0) is 28.0 Å².